The molecule has 2 aromatic carbocycles. The number of rotatable bonds is 5. The Balaban J connectivity index is 1.63. The van der Waals surface area contributed by atoms with Crippen LogP contribution in [0.4, 0.5) is 5.69 Å². The van der Waals surface area contributed by atoms with Crippen molar-refractivity contribution in [3.05, 3.63) is 76.1 Å². The molecular formula is C25H26ClN3O3S. The lowest BCUT2D eigenvalue weighted by Crippen LogP contribution is -2.44. The Bertz CT molecular complexity index is 1180. The molecule has 0 unspecified atom stereocenters. The van der Waals surface area contributed by atoms with Crippen molar-refractivity contribution in [3.63, 3.8) is 0 Å². The summed E-state index contributed by atoms with van der Waals surface area (Å²) in [5, 5.41) is 4.69. The third-order valence-corrected chi connectivity index (χ3v) is 6.90. The number of benzene rings is 2. The first kappa shape index (κ1) is 23.5. The molecular weight excluding hydrogens is 458 g/mol. The fourth-order valence-corrected chi connectivity index (χ4v) is 4.65. The van der Waals surface area contributed by atoms with Crippen LogP contribution >= 0.6 is 23.4 Å². The van der Waals surface area contributed by atoms with Crippen LogP contribution < -0.4 is 10.6 Å². The molecule has 0 spiro atoms. The van der Waals surface area contributed by atoms with Gasteiger partial charge in [0.1, 0.15) is 5.76 Å². The molecule has 0 saturated heterocycles. The predicted octanol–water partition coefficient (Wildman–Crippen LogP) is 5.02. The monoisotopic (exact) mass is 483 g/mol. The molecule has 0 fully saturated rings. The highest BCUT2D eigenvalue weighted by atomic mass is 35.5. The van der Waals surface area contributed by atoms with E-state index in [0.29, 0.717) is 34.3 Å². The van der Waals surface area contributed by atoms with Crippen molar-refractivity contribution in [1.29, 1.82) is 0 Å². The van der Waals surface area contributed by atoms with Gasteiger partial charge in [0.05, 0.1) is 30.4 Å². The quantitative estimate of drug-likeness (QED) is 0.512. The van der Waals surface area contributed by atoms with Gasteiger partial charge in [-0.05, 0) is 29.8 Å². The van der Waals surface area contributed by atoms with Gasteiger partial charge in [-0.15, -0.1) is 11.8 Å². The summed E-state index contributed by atoms with van der Waals surface area (Å²) in [6.07, 6.45) is 0.121. The van der Waals surface area contributed by atoms with E-state index in [1.807, 2.05) is 45.0 Å². The fourth-order valence-electron chi connectivity index (χ4n) is 3.54. The molecule has 0 saturated carbocycles. The summed E-state index contributed by atoms with van der Waals surface area (Å²) in [6, 6.07) is 14.0. The van der Waals surface area contributed by atoms with E-state index in [0.717, 1.165) is 16.2 Å². The lowest BCUT2D eigenvalue weighted by Gasteiger charge is -2.25. The second kappa shape index (κ2) is 9.33. The average Bonchev–Trinajstić information content (AvgIpc) is 3.21. The topological polar surface area (TPSA) is 89.4 Å². The summed E-state index contributed by atoms with van der Waals surface area (Å²) in [7, 11) is 0. The number of carbonyl (C=O) groups is 2. The smallest absolute Gasteiger partial charge is 0.245 e. The molecule has 4 rings (SSSR count). The van der Waals surface area contributed by atoms with Crippen LogP contribution in [-0.4, -0.2) is 28.6 Å². The number of halogens is 1. The maximum Gasteiger partial charge on any atom is 0.245 e. The molecule has 172 valence electrons. The van der Waals surface area contributed by atoms with Crippen LogP contribution in [0.2, 0.25) is 5.02 Å². The van der Waals surface area contributed by atoms with E-state index in [1.165, 1.54) is 11.8 Å². The van der Waals surface area contributed by atoms with Gasteiger partial charge in [0.15, 0.2) is 5.78 Å². The summed E-state index contributed by atoms with van der Waals surface area (Å²) in [5.41, 5.74) is 8.67. The molecule has 33 heavy (non-hydrogen) atoms. The number of thioether (sulfide) groups is 1. The number of carbonyl (C=O) groups excluding carboxylic acids is 2. The highest BCUT2D eigenvalue weighted by Gasteiger charge is 2.29. The van der Waals surface area contributed by atoms with E-state index in [4.69, 9.17) is 21.9 Å². The number of aromatic nitrogens is 1. The molecule has 1 aromatic heterocycles. The van der Waals surface area contributed by atoms with Crippen molar-refractivity contribution in [3.8, 4) is 0 Å². The number of anilines is 1. The molecule has 0 bridgehead atoms. The van der Waals surface area contributed by atoms with Crippen molar-refractivity contribution < 1.29 is 14.1 Å². The number of fused-ring (bicyclic) bond motifs is 1. The Kier molecular flexibility index (Phi) is 6.66. The maximum absolute atomic E-state index is 13.1. The van der Waals surface area contributed by atoms with E-state index >= 15 is 0 Å². The number of amides is 1. The second-order valence-corrected chi connectivity index (χ2v) is 10.7. The zero-order valence-corrected chi connectivity index (χ0v) is 20.4. The molecule has 1 atom stereocenters. The van der Waals surface area contributed by atoms with Gasteiger partial charge in [0.25, 0.3) is 0 Å². The molecule has 0 radical (unpaired) electrons. The third-order valence-electron chi connectivity index (χ3n) is 5.47. The van der Waals surface area contributed by atoms with Gasteiger partial charge in [-0.1, -0.05) is 55.7 Å². The van der Waals surface area contributed by atoms with Gasteiger partial charge < -0.3 is 15.2 Å². The van der Waals surface area contributed by atoms with E-state index in [2.05, 4.69) is 5.16 Å². The largest absolute Gasteiger partial charge is 0.361 e. The number of Topliss-reactive ketones (excluding diaryl/α,β-unsaturated/α-hetero) is 1. The van der Waals surface area contributed by atoms with Gasteiger partial charge in [0.2, 0.25) is 5.91 Å². The minimum absolute atomic E-state index is 0.0935. The summed E-state index contributed by atoms with van der Waals surface area (Å²) < 4.78 is 5.41. The number of nitrogens with two attached hydrogens (primary N) is 1. The molecule has 0 aliphatic carbocycles. The normalized spacial score (nSPS) is 16.5. The van der Waals surface area contributed by atoms with Gasteiger partial charge in [-0.3, -0.25) is 9.59 Å². The Labute approximate surface area is 202 Å². The highest BCUT2D eigenvalue weighted by molar-refractivity contribution is 7.99. The summed E-state index contributed by atoms with van der Waals surface area (Å²) in [5.74, 6) is 0.943. The van der Waals surface area contributed by atoms with Crippen LogP contribution in [0.3, 0.4) is 0 Å². The predicted molar refractivity (Wildman–Crippen MR) is 131 cm³/mol. The van der Waals surface area contributed by atoms with Crippen molar-refractivity contribution in [2.24, 2.45) is 5.73 Å². The molecule has 2 heterocycles. The fraction of sp³-hybridized carbons (Fsp3) is 0.320. The number of hydrogen-bond donors (Lipinski definition) is 1. The molecule has 6 nitrogen and oxygen atoms in total. The number of ketones is 1. The van der Waals surface area contributed by atoms with E-state index in [1.54, 1.807) is 29.2 Å². The minimum Gasteiger partial charge on any atom is -0.361 e. The number of hydrogen-bond acceptors (Lipinski definition) is 6. The molecule has 1 amide bonds. The first-order valence-electron chi connectivity index (χ1n) is 10.7. The zero-order chi connectivity index (χ0) is 23.8. The van der Waals surface area contributed by atoms with Gasteiger partial charge >= 0.3 is 0 Å². The van der Waals surface area contributed by atoms with E-state index in [9.17, 15) is 9.59 Å². The van der Waals surface area contributed by atoms with E-state index in [-0.39, 0.29) is 23.5 Å². The van der Waals surface area contributed by atoms with Crippen LogP contribution in [-0.2, 0) is 23.2 Å². The average molecular weight is 484 g/mol. The van der Waals surface area contributed by atoms with Crippen LogP contribution in [0.15, 0.2) is 57.9 Å². The third kappa shape index (κ3) is 5.32. The maximum atomic E-state index is 13.1. The van der Waals surface area contributed by atoms with Crippen LogP contribution in [0.1, 0.15) is 48.1 Å². The summed E-state index contributed by atoms with van der Waals surface area (Å²) in [6.45, 7) is 6.42. The second-order valence-electron chi connectivity index (χ2n) is 9.18. The van der Waals surface area contributed by atoms with Crippen molar-refractivity contribution >= 4 is 40.7 Å². The highest BCUT2D eigenvalue weighted by Crippen LogP contribution is 2.36. The first-order chi connectivity index (χ1) is 15.6. The lowest BCUT2D eigenvalue weighted by atomic mass is 9.93. The van der Waals surface area contributed by atoms with Crippen molar-refractivity contribution in [2.75, 3.05) is 10.7 Å². The Morgan fingerprint density at radius 2 is 1.94 bits per heavy atom. The van der Waals surface area contributed by atoms with E-state index < -0.39 is 6.04 Å². The summed E-state index contributed by atoms with van der Waals surface area (Å²) in [4.78, 5) is 28.7. The van der Waals surface area contributed by atoms with Crippen LogP contribution in [0.5, 0.6) is 0 Å². The minimum atomic E-state index is -0.625. The zero-order valence-electron chi connectivity index (χ0n) is 18.8. The Morgan fingerprint density at radius 1 is 1.21 bits per heavy atom. The molecule has 1 aliphatic heterocycles. The standard InChI is InChI=1S/C25H26ClN3O3S/c1-25(2,3)23-12-18(28-32-23)11-21(30)16-6-9-22-20(10-16)29(24(31)19(27)14-33-22)13-15-4-7-17(26)8-5-15/h4-10,12,19H,11,13-14,27H2,1-3H3/t19-/m0/s1. The van der Waals surface area contributed by atoms with Crippen molar-refractivity contribution in [1.82, 2.24) is 5.16 Å². The van der Waals surface area contributed by atoms with Crippen molar-refractivity contribution in [2.45, 2.75) is 50.1 Å². The molecule has 3 aromatic rings. The molecule has 8 heteroatoms. The van der Waals surface area contributed by atoms with Gasteiger partial charge in [-0.25, -0.2) is 0 Å². The van der Waals surface area contributed by atoms with Crippen LogP contribution in [0, 0.1) is 0 Å². The first-order valence-corrected chi connectivity index (χ1v) is 12.1. The summed E-state index contributed by atoms with van der Waals surface area (Å²) >= 11 is 7.53. The Hall–Kier alpha value is -2.61. The Morgan fingerprint density at radius 3 is 2.61 bits per heavy atom. The van der Waals surface area contributed by atoms with Crippen LogP contribution in [0.25, 0.3) is 0 Å². The van der Waals surface area contributed by atoms with Gasteiger partial charge in [-0.2, -0.15) is 0 Å². The lowest BCUT2D eigenvalue weighted by molar-refractivity contribution is -0.119. The SMILES string of the molecule is CC(C)(C)c1cc(CC(=O)c2ccc3c(c2)N(Cc2ccc(Cl)cc2)C(=O)[C@@H](N)CS3)no1. The number of nitrogens with zero attached hydrogens (tertiary/aromatic N) is 2. The molecule has 1 aliphatic rings. The van der Waals surface area contributed by atoms with Gasteiger partial charge in [0, 0.05) is 32.7 Å². The molecule has 2 N–H and O–H groups in total.